The number of rotatable bonds is 5. The van der Waals surface area contributed by atoms with Crippen molar-refractivity contribution in [2.75, 3.05) is 13.6 Å². The Hall–Kier alpha value is -1.39. The summed E-state index contributed by atoms with van der Waals surface area (Å²) < 4.78 is 0. The zero-order valence-electron chi connectivity index (χ0n) is 13.3. The van der Waals surface area contributed by atoms with E-state index < -0.39 is 5.54 Å². The Morgan fingerprint density at radius 3 is 2.71 bits per heavy atom. The lowest BCUT2D eigenvalue weighted by Crippen LogP contribution is -2.54. The number of hydrogen-bond acceptors (Lipinski definition) is 3. The van der Waals surface area contributed by atoms with Crippen LogP contribution in [0.2, 0.25) is 0 Å². The van der Waals surface area contributed by atoms with E-state index in [9.17, 15) is 4.79 Å². The van der Waals surface area contributed by atoms with E-state index in [1.165, 1.54) is 5.56 Å². The van der Waals surface area contributed by atoms with Crippen molar-refractivity contribution >= 4 is 5.91 Å². The summed E-state index contributed by atoms with van der Waals surface area (Å²) in [7, 11) is 2.11. The molecule has 3 atom stereocenters. The first-order valence-corrected chi connectivity index (χ1v) is 7.80. The SMILES string of the molecule is CCCC(C)(N)C(=O)NC1CCN(C)C1c1ccccc1. The van der Waals surface area contributed by atoms with Crippen LogP contribution in [0.3, 0.4) is 0 Å². The van der Waals surface area contributed by atoms with Crippen molar-refractivity contribution in [3.8, 4) is 0 Å². The van der Waals surface area contributed by atoms with Crippen LogP contribution < -0.4 is 11.1 Å². The van der Waals surface area contributed by atoms with E-state index in [-0.39, 0.29) is 18.0 Å². The first-order chi connectivity index (χ1) is 9.95. The van der Waals surface area contributed by atoms with Crippen LogP contribution in [0.4, 0.5) is 0 Å². The topological polar surface area (TPSA) is 58.4 Å². The molecule has 1 saturated heterocycles. The number of hydrogen-bond donors (Lipinski definition) is 2. The van der Waals surface area contributed by atoms with Crippen molar-refractivity contribution in [1.29, 1.82) is 0 Å². The van der Waals surface area contributed by atoms with Gasteiger partial charge in [0.15, 0.2) is 0 Å². The highest BCUT2D eigenvalue weighted by molar-refractivity contribution is 5.85. The summed E-state index contributed by atoms with van der Waals surface area (Å²) >= 11 is 0. The summed E-state index contributed by atoms with van der Waals surface area (Å²) in [5, 5.41) is 3.18. The summed E-state index contributed by atoms with van der Waals surface area (Å²) in [4.78, 5) is 14.7. The van der Waals surface area contributed by atoms with Gasteiger partial charge in [0.2, 0.25) is 5.91 Å². The van der Waals surface area contributed by atoms with E-state index in [4.69, 9.17) is 5.73 Å². The Bertz CT molecular complexity index is 472. The second kappa shape index (κ2) is 6.58. The van der Waals surface area contributed by atoms with Crippen molar-refractivity contribution < 1.29 is 4.79 Å². The average Bonchev–Trinajstić information content (AvgIpc) is 2.80. The third-order valence-corrected chi connectivity index (χ3v) is 4.39. The molecule has 4 heteroatoms. The summed E-state index contributed by atoms with van der Waals surface area (Å²) in [6.45, 7) is 4.86. The van der Waals surface area contributed by atoms with Gasteiger partial charge in [-0.05, 0) is 32.4 Å². The molecule has 4 nitrogen and oxygen atoms in total. The molecule has 1 aromatic carbocycles. The minimum absolute atomic E-state index is 0.0365. The van der Waals surface area contributed by atoms with Gasteiger partial charge in [0.1, 0.15) is 0 Å². The highest BCUT2D eigenvalue weighted by Crippen LogP contribution is 2.31. The minimum Gasteiger partial charge on any atom is -0.350 e. The maximum atomic E-state index is 12.4. The molecule has 1 aromatic rings. The molecule has 1 aliphatic heterocycles. The van der Waals surface area contributed by atoms with E-state index in [1.807, 2.05) is 25.1 Å². The fourth-order valence-electron chi connectivity index (χ4n) is 3.20. The minimum atomic E-state index is -0.781. The normalized spacial score (nSPS) is 25.5. The first-order valence-electron chi connectivity index (χ1n) is 7.80. The van der Waals surface area contributed by atoms with Crippen LogP contribution in [0.25, 0.3) is 0 Å². The highest BCUT2D eigenvalue weighted by atomic mass is 16.2. The Kier molecular flexibility index (Phi) is 5.01. The number of likely N-dealkylation sites (tertiary alicyclic amines) is 1. The number of carbonyl (C=O) groups excluding carboxylic acids is 1. The number of benzene rings is 1. The number of likely N-dealkylation sites (N-methyl/N-ethyl adjacent to an activating group) is 1. The molecule has 3 unspecified atom stereocenters. The molecule has 0 aromatic heterocycles. The Labute approximate surface area is 127 Å². The van der Waals surface area contributed by atoms with Crippen molar-refractivity contribution in [2.24, 2.45) is 5.73 Å². The van der Waals surface area contributed by atoms with Gasteiger partial charge in [-0.2, -0.15) is 0 Å². The predicted molar refractivity (Wildman–Crippen MR) is 85.9 cm³/mol. The molecule has 21 heavy (non-hydrogen) atoms. The van der Waals surface area contributed by atoms with Crippen LogP contribution in [0.1, 0.15) is 44.7 Å². The van der Waals surface area contributed by atoms with Gasteiger partial charge in [-0.15, -0.1) is 0 Å². The first kappa shape index (κ1) is 16.0. The number of nitrogens with one attached hydrogen (secondary N) is 1. The number of amides is 1. The number of nitrogens with zero attached hydrogens (tertiary/aromatic N) is 1. The van der Waals surface area contributed by atoms with Gasteiger partial charge in [-0.3, -0.25) is 9.69 Å². The maximum Gasteiger partial charge on any atom is 0.240 e. The van der Waals surface area contributed by atoms with E-state index in [1.54, 1.807) is 0 Å². The van der Waals surface area contributed by atoms with Gasteiger partial charge in [-0.25, -0.2) is 0 Å². The van der Waals surface area contributed by atoms with Crippen LogP contribution in [0.15, 0.2) is 30.3 Å². The second-order valence-electron chi connectivity index (χ2n) is 6.37. The zero-order chi connectivity index (χ0) is 15.5. The summed E-state index contributed by atoms with van der Waals surface area (Å²) in [6, 6.07) is 10.7. The molecular weight excluding hydrogens is 262 g/mol. The molecule has 0 spiro atoms. The molecule has 1 heterocycles. The largest absolute Gasteiger partial charge is 0.350 e. The number of carbonyl (C=O) groups is 1. The fraction of sp³-hybridized carbons (Fsp3) is 0.588. The molecule has 0 aliphatic carbocycles. The summed E-state index contributed by atoms with van der Waals surface area (Å²) in [6.07, 6.45) is 2.58. The van der Waals surface area contributed by atoms with Crippen LogP contribution in [-0.2, 0) is 4.79 Å². The van der Waals surface area contributed by atoms with Crippen LogP contribution in [0, 0.1) is 0 Å². The molecule has 1 amide bonds. The summed E-state index contributed by atoms with van der Waals surface area (Å²) in [5.41, 5.74) is 6.61. The van der Waals surface area contributed by atoms with Gasteiger partial charge in [0, 0.05) is 12.6 Å². The predicted octanol–water partition coefficient (Wildman–Crippen LogP) is 2.07. The Morgan fingerprint density at radius 2 is 2.10 bits per heavy atom. The molecule has 3 N–H and O–H groups in total. The van der Waals surface area contributed by atoms with Crippen molar-refractivity contribution in [3.63, 3.8) is 0 Å². The molecule has 1 fully saturated rings. The maximum absolute atomic E-state index is 12.4. The van der Waals surface area contributed by atoms with Gasteiger partial charge in [0.05, 0.1) is 11.6 Å². The molecule has 1 aliphatic rings. The third-order valence-electron chi connectivity index (χ3n) is 4.39. The van der Waals surface area contributed by atoms with Gasteiger partial charge < -0.3 is 11.1 Å². The smallest absolute Gasteiger partial charge is 0.240 e. The lowest BCUT2D eigenvalue weighted by molar-refractivity contribution is -0.127. The molecule has 0 radical (unpaired) electrons. The van der Waals surface area contributed by atoms with Gasteiger partial charge in [0.25, 0.3) is 0 Å². The van der Waals surface area contributed by atoms with Gasteiger partial charge in [-0.1, -0.05) is 43.7 Å². The quantitative estimate of drug-likeness (QED) is 0.872. The molecule has 0 saturated carbocycles. The van der Waals surface area contributed by atoms with Crippen LogP contribution in [-0.4, -0.2) is 36.0 Å². The number of nitrogens with two attached hydrogens (primary N) is 1. The Balaban J connectivity index is 2.10. The van der Waals surface area contributed by atoms with E-state index >= 15 is 0 Å². The monoisotopic (exact) mass is 289 g/mol. The molecule has 2 rings (SSSR count). The summed E-state index contributed by atoms with van der Waals surface area (Å²) in [5.74, 6) is -0.0365. The van der Waals surface area contributed by atoms with Crippen molar-refractivity contribution in [3.05, 3.63) is 35.9 Å². The third kappa shape index (κ3) is 3.63. The Morgan fingerprint density at radius 1 is 1.43 bits per heavy atom. The highest BCUT2D eigenvalue weighted by Gasteiger charge is 2.37. The van der Waals surface area contributed by atoms with Crippen molar-refractivity contribution in [2.45, 2.75) is 50.7 Å². The molecule has 0 bridgehead atoms. The van der Waals surface area contributed by atoms with E-state index in [0.29, 0.717) is 6.42 Å². The van der Waals surface area contributed by atoms with Crippen LogP contribution in [0.5, 0.6) is 0 Å². The van der Waals surface area contributed by atoms with Crippen molar-refractivity contribution in [1.82, 2.24) is 10.2 Å². The lowest BCUT2D eigenvalue weighted by Gasteiger charge is -2.30. The fourth-order valence-corrected chi connectivity index (χ4v) is 3.20. The average molecular weight is 289 g/mol. The zero-order valence-corrected chi connectivity index (χ0v) is 13.3. The van der Waals surface area contributed by atoms with E-state index in [0.717, 1.165) is 19.4 Å². The molecule has 116 valence electrons. The second-order valence-corrected chi connectivity index (χ2v) is 6.37. The van der Waals surface area contributed by atoms with Crippen LogP contribution >= 0.6 is 0 Å². The molecular formula is C17H27N3O. The van der Waals surface area contributed by atoms with E-state index in [2.05, 4.69) is 36.3 Å². The standard InChI is InChI=1S/C17H27N3O/c1-4-11-17(2,18)16(21)19-14-10-12-20(3)15(14)13-8-6-5-7-9-13/h5-9,14-15H,4,10-12,18H2,1-3H3,(H,19,21). The van der Waals surface area contributed by atoms with Gasteiger partial charge >= 0.3 is 0 Å². The lowest BCUT2D eigenvalue weighted by atomic mass is 9.94.